The van der Waals surface area contributed by atoms with Crippen LogP contribution in [0, 0.1) is 13.8 Å². The monoisotopic (exact) mass is 369 g/mol. The van der Waals surface area contributed by atoms with Crippen LogP contribution in [0.5, 0.6) is 0 Å². The van der Waals surface area contributed by atoms with Crippen molar-refractivity contribution in [3.63, 3.8) is 0 Å². The van der Waals surface area contributed by atoms with Gasteiger partial charge in [-0.05, 0) is 42.7 Å². The van der Waals surface area contributed by atoms with Crippen molar-refractivity contribution in [2.75, 3.05) is 5.32 Å². The van der Waals surface area contributed by atoms with Gasteiger partial charge in [0.05, 0.1) is 5.56 Å². The number of anilines is 1. The van der Waals surface area contributed by atoms with E-state index in [4.69, 9.17) is 0 Å². The normalized spacial score (nSPS) is 10.8. The minimum absolute atomic E-state index is 0.318. The average Bonchev–Trinajstić information content (AvgIpc) is 2.70. The van der Waals surface area contributed by atoms with Gasteiger partial charge in [0.25, 0.3) is 5.91 Å². The van der Waals surface area contributed by atoms with Gasteiger partial charge in [-0.1, -0.05) is 48.5 Å². The number of amides is 1. The van der Waals surface area contributed by atoms with E-state index in [1.54, 1.807) is 6.07 Å². The Labute approximate surface area is 162 Å². The number of aryl methyl sites for hydroxylation is 1. The molecule has 0 bridgehead atoms. The van der Waals surface area contributed by atoms with Gasteiger partial charge in [-0.15, -0.1) is 0 Å². The molecule has 0 fully saturated rings. The van der Waals surface area contributed by atoms with E-state index in [-0.39, 0.29) is 11.5 Å². The Bertz CT molecular complexity index is 1240. The van der Waals surface area contributed by atoms with Crippen LogP contribution in [-0.4, -0.2) is 15.9 Å². The highest BCUT2D eigenvalue weighted by atomic mass is 16.2. The molecule has 0 spiro atoms. The Morgan fingerprint density at radius 1 is 0.964 bits per heavy atom. The van der Waals surface area contributed by atoms with Gasteiger partial charge in [0.15, 0.2) is 0 Å². The molecule has 0 radical (unpaired) electrons. The molecule has 0 aliphatic carbocycles. The molecule has 2 aromatic heterocycles. The molecule has 0 atom stereocenters. The molecule has 0 aliphatic rings. The molecule has 5 heteroatoms. The molecule has 2 aromatic carbocycles. The number of carbonyl (C=O) groups excluding carboxylic acids is 1. The van der Waals surface area contributed by atoms with Gasteiger partial charge in [0.1, 0.15) is 5.82 Å². The van der Waals surface area contributed by atoms with Crippen LogP contribution in [0.4, 0.5) is 5.82 Å². The Hall–Kier alpha value is -3.73. The summed E-state index contributed by atoms with van der Waals surface area (Å²) in [5.74, 6) is 0.0911. The maximum absolute atomic E-state index is 12.9. The van der Waals surface area contributed by atoms with Gasteiger partial charge >= 0.3 is 0 Å². The van der Waals surface area contributed by atoms with Gasteiger partial charge in [-0.3, -0.25) is 9.59 Å². The standard InChI is InChI=1S/C23H19N3O2/c1-14-15(2)24-21(12-18(14)16-8-4-3-5-9-16)26-23(28)19-13-22(27)25-20-11-7-6-10-17(19)20/h3-13H,1-2H3,(H,25,27)(H,24,26,28). The van der Waals surface area contributed by atoms with Crippen LogP contribution in [0.2, 0.25) is 0 Å². The minimum Gasteiger partial charge on any atom is -0.322 e. The molecule has 5 nitrogen and oxygen atoms in total. The number of pyridine rings is 2. The van der Waals surface area contributed by atoms with Crippen molar-refractivity contribution in [2.24, 2.45) is 0 Å². The van der Waals surface area contributed by atoms with Crippen LogP contribution in [0.3, 0.4) is 0 Å². The van der Waals surface area contributed by atoms with E-state index in [1.165, 1.54) is 6.07 Å². The molecule has 2 heterocycles. The van der Waals surface area contributed by atoms with Crippen LogP contribution < -0.4 is 10.9 Å². The number of hydrogen-bond donors (Lipinski definition) is 2. The quantitative estimate of drug-likeness (QED) is 0.560. The Kier molecular flexibility index (Phi) is 4.49. The number of rotatable bonds is 3. The van der Waals surface area contributed by atoms with Gasteiger partial charge in [0.2, 0.25) is 5.56 Å². The van der Waals surface area contributed by atoms with Gasteiger partial charge in [0, 0.05) is 22.7 Å². The van der Waals surface area contributed by atoms with Crippen LogP contribution in [0.15, 0.2) is 71.5 Å². The molecule has 0 saturated heterocycles. The summed E-state index contributed by atoms with van der Waals surface area (Å²) in [7, 11) is 0. The summed E-state index contributed by atoms with van der Waals surface area (Å²) in [5.41, 5.74) is 4.60. The lowest BCUT2D eigenvalue weighted by atomic mass is 10.00. The second-order valence-corrected chi connectivity index (χ2v) is 6.68. The van der Waals surface area contributed by atoms with E-state index in [1.807, 2.05) is 68.4 Å². The first-order valence-electron chi connectivity index (χ1n) is 9.00. The number of benzene rings is 2. The number of aromatic amines is 1. The van der Waals surface area contributed by atoms with Gasteiger partial charge in [-0.2, -0.15) is 0 Å². The van der Waals surface area contributed by atoms with Gasteiger partial charge in [-0.25, -0.2) is 4.98 Å². The van der Waals surface area contributed by atoms with E-state index in [0.29, 0.717) is 22.3 Å². The first-order valence-corrected chi connectivity index (χ1v) is 9.00. The zero-order valence-electron chi connectivity index (χ0n) is 15.6. The smallest absolute Gasteiger partial charge is 0.257 e. The van der Waals surface area contributed by atoms with Crippen molar-refractivity contribution in [1.82, 2.24) is 9.97 Å². The van der Waals surface area contributed by atoms with Crippen molar-refractivity contribution >= 4 is 22.6 Å². The van der Waals surface area contributed by atoms with E-state index in [2.05, 4.69) is 15.3 Å². The maximum atomic E-state index is 12.9. The molecule has 4 aromatic rings. The van der Waals surface area contributed by atoms with E-state index < -0.39 is 0 Å². The number of fused-ring (bicyclic) bond motifs is 1. The maximum Gasteiger partial charge on any atom is 0.257 e. The Morgan fingerprint density at radius 3 is 2.46 bits per heavy atom. The van der Waals surface area contributed by atoms with Crippen LogP contribution >= 0.6 is 0 Å². The van der Waals surface area contributed by atoms with Gasteiger partial charge < -0.3 is 10.3 Å². The minimum atomic E-state index is -0.364. The zero-order valence-corrected chi connectivity index (χ0v) is 15.6. The van der Waals surface area contributed by atoms with Crippen molar-refractivity contribution in [3.05, 3.63) is 93.9 Å². The number of carbonyl (C=O) groups is 1. The third kappa shape index (κ3) is 3.30. The van der Waals surface area contributed by atoms with Crippen molar-refractivity contribution in [1.29, 1.82) is 0 Å². The zero-order chi connectivity index (χ0) is 19.7. The number of nitrogens with zero attached hydrogens (tertiary/aromatic N) is 1. The Morgan fingerprint density at radius 2 is 1.68 bits per heavy atom. The third-order valence-electron chi connectivity index (χ3n) is 4.84. The summed E-state index contributed by atoms with van der Waals surface area (Å²) in [6, 6.07) is 20.4. The van der Waals surface area contributed by atoms with Crippen LogP contribution in [0.25, 0.3) is 22.0 Å². The molecular weight excluding hydrogens is 350 g/mol. The second-order valence-electron chi connectivity index (χ2n) is 6.68. The van der Waals surface area contributed by atoms with Crippen molar-refractivity contribution in [2.45, 2.75) is 13.8 Å². The van der Waals surface area contributed by atoms with E-state index >= 15 is 0 Å². The number of aromatic nitrogens is 2. The molecule has 28 heavy (non-hydrogen) atoms. The van der Waals surface area contributed by atoms with E-state index in [0.717, 1.165) is 22.4 Å². The molecule has 0 aliphatic heterocycles. The van der Waals surface area contributed by atoms with Crippen LogP contribution in [-0.2, 0) is 0 Å². The molecule has 1 amide bonds. The summed E-state index contributed by atoms with van der Waals surface area (Å²) >= 11 is 0. The Balaban J connectivity index is 1.75. The molecule has 4 rings (SSSR count). The highest BCUT2D eigenvalue weighted by molar-refractivity contribution is 6.12. The van der Waals surface area contributed by atoms with Crippen LogP contribution in [0.1, 0.15) is 21.6 Å². The van der Waals surface area contributed by atoms with Crippen molar-refractivity contribution in [3.8, 4) is 11.1 Å². The third-order valence-corrected chi connectivity index (χ3v) is 4.84. The predicted molar refractivity (Wildman–Crippen MR) is 112 cm³/mol. The fourth-order valence-electron chi connectivity index (χ4n) is 3.29. The largest absolute Gasteiger partial charge is 0.322 e. The lowest BCUT2D eigenvalue weighted by Gasteiger charge is -2.13. The number of H-pyrrole nitrogens is 1. The first-order chi connectivity index (χ1) is 13.5. The van der Waals surface area contributed by atoms with Crippen molar-refractivity contribution < 1.29 is 4.79 Å². The van der Waals surface area contributed by atoms with E-state index in [9.17, 15) is 9.59 Å². The summed E-state index contributed by atoms with van der Waals surface area (Å²) in [5, 5.41) is 3.54. The SMILES string of the molecule is Cc1nc(NC(=O)c2cc(=O)[nH]c3ccccc23)cc(-c2ccccc2)c1C. The fraction of sp³-hybridized carbons (Fsp3) is 0.0870. The average molecular weight is 369 g/mol. The lowest BCUT2D eigenvalue weighted by molar-refractivity contribution is 0.102. The molecule has 0 unspecified atom stereocenters. The molecule has 2 N–H and O–H groups in total. The summed E-state index contributed by atoms with van der Waals surface area (Å²) in [6.45, 7) is 3.93. The summed E-state index contributed by atoms with van der Waals surface area (Å²) in [4.78, 5) is 32.1. The topological polar surface area (TPSA) is 74.8 Å². The molecular formula is C23H19N3O2. The summed E-state index contributed by atoms with van der Waals surface area (Å²) in [6.07, 6.45) is 0. The summed E-state index contributed by atoms with van der Waals surface area (Å²) < 4.78 is 0. The predicted octanol–water partition coefficient (Wildman–Crippen LogP) is 4.46. The fourth-order valence-corrected chi connectivity index (χ4v) is 3.29. The molecule has 138 valence electrons. The first kappa shape index (κ1) is 17.7. The second kappa shape index (κ2) is 7.12. The number of nitrogens with one attached hydrogen (secondary N) is 2. The highest BCUT2D eigenvalue weighted by Crippen LogP contribution is 2.27. The lowest BCUT2D eigenvalue weighted by Crippen LogP contribution is -2.18. The number of hydrogen-bond acceptors (Lipinski definition) is 3. The molecule has 0 saturated carbocycles. The highest BCUT2D eigenvalue weighted by Gasteiger charge is 2.14. The number of para-hydroxylation sites is 1.